The molecule has 0 saturated heterocycles. The van der Waals surface area contributed by atoms with E-state index in [0.717, 1.165) is 34.4 Å². The molecule has 0 aliphatic heterocycles. The number of aliphatic hydroxyl groups excluding tert-OH is 1. The zero-order chi connectivity index (χ0) is 19.4. The predicted molar refractivity (Wildman–Crippen MR) is 108 cm³/mol. The highest BCUT2D eigenvalue weighted by Gasteiger charge is 2.33. The molecule has 0 spiro atoms. The average Bonchev–Trinajstić information content (AvgIpc) is 2.54. The average molecular weight is 357 g/mol. The van der Waals surface area contributed by atoms with E-state index in [1.165, 1.54) is 16.5 Å². The van der Waals surface area contributed by atoms with Gasteiger partial charge in [-0.15, -0.1) is 0 Å². The third-order valence-corrected chi connectivity index (χ3v) is 5.49. The van der Waals surface area contributed by atoms with Crippen molar-refractivity contribution in [2.75, 3.05) is 14.2 Å². The molecule has 1 atom stereocenters. The minimum absolute atomic E-state index is 0.0198. The second-order valence-corrected chi connectivity index (χ2v) is 9.46. The van der Waals surface area contributed by atoms with Crippen LogP contribution in [0.5, 0.6) is 11.5 Å². The van der Waals surface area contributed by atoms with Gasteiger partial charge in [-0.05, 0) is 46.6 Å². The van der Waals surface area contributed by atoms with Crippen molar-refractivity contribution in [1.29, 1.82) is 0 Å². The molecule has 3 nitrogen and oxygen atoms in total. The van der Waals surface area contributed by atoms with Gasteiger partial charge in [0.15, 0.2) is 0 Å². The van der Waals surface area contributed by atoms with Crippen LogP contribution in [0.2, 0.25) is 0 Å². The van der Waals surface area contributed by atoms with Gasteiger partial charge in [0, 0.05) is 22.3 Å². The lowest BCUT2D eigenvalue weighted by atomic mass is 9.75. The van der Waals surface area contributed by atoms with E-state index in [1.807, 2.05) is 0 Å². The molecule has 2 aromatic carbocycles. The molecule has 2 aromatic rings. The zero-order valence-corrected chi connectivity index (χ0v) is 17.4. The lowest BCUT2D eigenvalue weighted by Crippen LogP contribution is -2.20. The molecule has 26 heavy (non-hydrogen) atoms. The van der Waals surface area contributed by atoms with Crippen LogP contribution < -0.4 is 9.47 Å². The Labute approximate surface area is 157 Å². The number of rotatable bonds is 2. The number of benzene rings is 2. The maximum absolute atomic E-state index is 10.8. The lowest BCUT2D eigenvalue weighted by molar-refractivity contribution is 0.161. The van der Waals surface area contributed by atoms with E-state index in [2.05, 4.69) is 53.7 Å². The molecule has 0 fully saturated rings. The van der Waals surface area contributed by atoms with Gasteiger partial charge in [0.05, 0.1) is 20.3 Å². The highest BCUT2D eigenvalue weighted by Crippen LogP contribution is 2.50. The Hall–Kier alpha value is -1.74. The summed E-state index contributed by atoms with van der Waals surface area (Å²) in [4.78, 5) is 0. The molecule has 3 heteroatoms. The molecule has 1 unspecified atom stereocenters. The summed E-state index contributed by atoms with van der Waals surface area (Å²) in [6.07, 6.45) is 0.999. The standard InChI is InChI=1S/C23H32O3/c1-22(2,3)15-11-13-12-16(23(4,5)6)21(26-8)19-17(24)10-9-14(18(13)19)20(15)25-7/h11-12,17,24H,9-10H2,1-8H3. The highest BCUT2D eigenvalue weighted by molar-refractivity contribution is 5.96. The maximum Gasteiger partial charge on any atom is 0.129 e. The largest absolute Gasteiger partial charge is 0.496 e. The molecule has 142 valence electrons. The summed E-state index contributed by atoms with van der Waals surface area (Å²) in [7, 11) is 3.45. The van der Waals surface area contributed by atoms with Crippen LogP contribution in [0.3, 0.4) is 0 Å². The summed E-state index contributed by atoms with van der Waals surface area (Å²) in [5.74, 6) is 1.78. The fourth-order valence-electron chi connectivity index (χ4n) is 4.20. The van der Waals surface area contributed by atoms with Crippen LogP contribution in [-0.2, 0) is 17.3 Å². The third-order valence-electron chi connectivity index (χ3n) is 5.49. The van der Waals surface area contributed by atoms with E-state index in [-0.39, 0.29) is 10.8 Å². The van der Waals surface area contributed by atoms with Gasteiger partial charge in [-0.1, -0.05) is 41.5 Å². The molecule has 0 saturated carbocycles. The number of ether oxygens (including phenoxy) is 2. The highest BCUT2D eigenvalue weighted by atomic mass is 16.5. The van der Waals surface area contributed by atoms with Crippen molar-refractivity contribution in [1.82, 2.24) is 0 Å². The first kappa shape index (κ1) is 19.0. The van der Waals surface area contributed by atoms with Gasteiger partial charge >= 0.3 is 0 Å². The lowest BCUT2D eigenvalue weighted by Gasteiger charge is -2.33. The van der Waals surface area contributed by atoms with Gasteiger partial charge in [0.25, 0.3) is 0 Å². The summed E-state index contributed by atoms with van der Waals surface area (Å²) < 4.78 is 11.7. The van der Waals surface area contributed by atoms with Gasteiger partial charge in [-0.3, -0.25) is 0 Å². The van der Waals surface area contributed by atoms with Crippen LogP contribution in [0.15, 0.2) is 12.1 Å². The quantitative estimate of drug-likeness (QED) is 0.779. The van der Waals surface area contributed by atoms with E-state index in [1.54, 1.807) is 14.2 Å². The molecule has 1 aliphatic carbocycles. The number of hydrogen-bond acceptors (Lipinski definition) is 3. The van der Waals surface area contributed by atoms with Crippen LogP contribution in [0.25, 0.3) is 10.8 Å². The van der Waals surface area contributed by atoms with Crippen LogP contribution in [0.1, 0.15) is 76.3 Å². The number of aryl methyl sites for hydroxylation is 1. The fraction of sp³-hybridized carbons (Fsp3) is 0.565. The molecule has 3 rings (SSSR count). The molecule has 0 aromatic heterocycles. The van der Waals surface area contributed by atoms with Crippen molar-refractivity contribution in [3.8, 4) is 11.5 Å². The molecule has 0 radical (unpaired) electrons. The van der Waals surface area contributed by atoms with Crippen LogP contribution in [-0.4, -0.2) is 19.3 Å². The maximum atomic E-state index is 10.8. The van der Waals surface area contributed by atoms with Crippen molar-refractivity contribution >= 4 is 10.8 Å². The molecular formula is C23H32O3. The first-order valence-electron chi connectivity index (χ1n) is 9.44. The predicted octanol–water partition coefficient (Wildman–Crippen LogP) is 5.43. The SMILES string of the molecule is COc1c(C(C)(C)C)cc2cc(C(C)(C)C)c(OC)c3c2c1CCC3O. The second kappa shape index (κ2) is 6.16. The molecule has 0 amide bonds. The topological polar surface area (TPSA) is 38.7 Å². The van der Waals surface area contributed by atoms with E-state index in [9.17, 15) is 5.11 Å². The number of methoxy groups -OCH3 is 2. The van der Waals surface area contributed by atoms with Gasteiger partial charge < -0.3 is 14.6 Å². The van der Waals surface area contributed by atoms with E-state index in [0.29, 0.717) is 6.42 Å². The Kier molecular flexibility index (Phi) is 4.51. The Morgan fingerprint density at radius 1 is 0.885 bits per heavy atom. The zero-order valence-electron chi connectivity index (χ0n) is 17.4. The van der Waals surface area contributed by atoms with Gasteiger partial charge in [-0.2, -0.15) is 0 Å². The minimum Gasteiger partial charge on any atom is -0.496 e. The van der Waals surface area contributed by atoms with Crippen molar-refractivity contribution < 1.29 is 14.6 Å². The number of aliphatic hydroxyl groups is 1. The summed E-state index contributed by atoms with van der Waals surface area (Å²) in [5, 5.41) is 13.1. The normalized spacial score (nSPS) is 17.5. The molecule has 0 heterocycles. The van der Waals surface area contributed by atoms with Crippen molar-refractivity contribution in [3.63, 3.8) is 0 Å². The Morgan fingerprint density at radius 3 is 1.85 bits per heavy atom. The van der Waals surface area contributed by atoms with Crippen molar-refractivity contribution in [3.05, 3.63) is 34.4 Å². The summed E-state index contributed by atoms with van der Waals surface area (Å²) in [5.41, 5.74) is 4.39. The minimum atomic E-state index is -0.507. The van der Waals surface area contributed by atoms with E-state index >= 15 is 0 Å². The fourth-order valence-corrected chi connectivity index (χ4v) is 4.20. The molecular weight excluding hydrogens is 324 g/mol. The third kappa shape index (κ3) is 2.87. The van der Waals surface area contributed by atoms with Gasteiger partial charge in [0.1, 0.15) is 11.5 Å². The summed E-state index contributed by atoms with van der Waals surface area (Å²) >= 11 is 0. The van der Waals surface area contributed by atoms with Crippen LogP contribution in [0.4, 0.5) is 0 Å². The first-order chi connectivity index (χ1) is 12.0. The Balaban J connectivity index is 2.54. The molecule has 1 aliphatic rings. The Morgan fingerprint density at radius 2 is 1.38 bits per heavy atom. The second-order valence-electron chi connectivity index (χ2n) is 9.46. The summed E-state index contributed by atoms with van der Waals surface area (Å²) in [6.45, 7) is 13.2. The Bertz CT molecular complexity index is 846. The first-order valence-corrected chi connectivity index (χ1v) is 9.44. The van der Waals surface area contributed by atoms with E-state index in [4.69, 9.17) is 9.47 Å². The van der Waals surface area contributed by atoms with Crippen molar-refractivity contribution in [2.45, 2.75) is 71.3 Å². The molecule has 1 N–H and O–H groups in total. The van der Waals surface area contributed by atoms with Gasteiger partial charge in [0.2, 0.25) is 0 Å². The van der Waals surface area contributed by atoms with Gasteiger partial charge in [-0.25, -0.2) is 0 Å². The van der Waals surface area contributed by atoms with Crippen molar-refractivity contribution in [2.24, 2.45) is 0 Å². The smallest absolute Gasteiger partial charge is 0.129 e. The molecule has 0 bridgehead atoms. The monoisotopic (exact) mass is 356 g/mol. The summed E-state index contributed by atoms with van der Waals surface area (Å²) in [6, 6.07) is 4.49. The van der Waals surface area contributed by atoms with Crippen LogP contribution in [0, 0.1) is 0 Å². The van der Waals surface area contributed by atoms with Crippen LogP contribution >= 0.6 is 0 Å². The van der Waals surface area contributed by atoms with E-state index < -0.39 is 6.10 Å². The number of hydrogen-bond donors (Lipinski definition) is 1.